The van der Waals surface area contributed by atoms with Crippen molar-refractivity contribution in [2.75, 3.05) is 13.2 Å². The zero-order chi connectivity index (χ0) is 18.2. The summed E-state index contributed by atoms with van der Waals surface area (Å²) in [6.45, 7) is 3.40. The van der Waals surface area contributed by atoms with Gasteiger partial charge in [-0.2, -0.15) is 13.2 Å². The first kappa shape index (κ1) is 18.0. The van der Waals surface area contributed by atoms with Crippen molar-refractivity contribution in [2.45, 2.75) is 32.1 Å². The molecule has 3 rings (SSSR count). The summed E-state index contributed by atoms with van der Waals surface area (Å²) in [6.07, 6.45) is -4.05. The minimum Gasteiger partial charge on any atom is -0.492 e. The molecular weight excluding hydrogens is 362 g/mol. The zero-order valence-corrected chi connectivity index (χ0v) is 14.1. The SMILES string of the molecule is CCc1nc(Cl)c2n1CCNC2COc1ccc(F)c(C(F)(F)F)c1. The fourth-order valence-electron chi connectivity index (χ4n) is 2.91. The molecule has 25 heavy (non-hydrogen) atoms. The number of nitrogens with one attached hydrogen (secondary N) is 1. The normalized spacial score (nSPS) is 17.4. The van der Waals surface area contributed by atoms with Crippen LogP contribution >= 0.6 is 11.6 Å². The number of rotatable bonds is 4. The van der Waals surface area contributed by atoms with Crippen LogP contribution in [0.2, 0.25) is 5.15 Å². The van der Waals surface area contributed by atoms with Gasteiger partial charge in [-0.3, -0.25) is 0 Å². The fourth-order valence-corrected chi connectivity index (χ4v) is 3.24. The Balaban J connectivity index is 1.79. The summed E-state index contributed by atoms with van der Waals surface area (Å²) in [4.78, 5) is 4.31. The molecule has 0 bridgehead atoms. The third-order valence-corrected chi connectivity index (χ3v) is 4.35. The summed E-state index contributed by atoms with van der Waals surface area (Å²) in [5.41, 5.74) is -0.596. The number of halogens is 5. The quantitative estimate of drug-likeness (QED) is 0.819. The summed E-state index contributed by atoms with van der Waals surface area (Å²) in [5, 5.41) is 3.57. The van der Waals surface area contributed by atoms with Crippen LogP contribution in [0.1, 0.15) is 30.0 Å². The number of ether oxygens (including phenoxy) is 1. The largest absolute Gasteiger partial charge is 0.492 e. The Morgan fingerprint density at radius 3 is 2.84 bits per heavy atom. The molecule has 2 heterocycles. The van der Waals surface area contributed by atoms with Gasteiger partial charge in [-0.05, 0) is 18.2 Å². The highest BCUT2D eigenvalue weighted by Crippen LogP contribution is 2.34. The monoisotopic (exact) mass is 377 g/mol. The van der Waals surface area contributed by atoms with Crippen LogP contribution in [0, 0.1) is 5.82 Å². The second-order valence-electron chi connectivity index (χ2n) is 5.67. The average Bonchev–Trinajstić information content (AvgIpc) is 2.90. The van der Waals surface area contributed by atoms with Gasteiger partial charge in [-0.25, -0.2) is 9.37 Å². The summed E-state index contributed by atoms with van der Waals surface area (Å²) in [7, 11) is 0. The van der Waals surface area contributed by atoms with Gasteiger partial charge in [0.1, 0.15) is 24.0 Å². The third kappa shape index (κ3) is 3.59. The van der Waals surface area contributed by atoms with E-state index < -0.39 is 17.6 Å². The van der Waals surface area contributed by atoms with Crippen molar-refractivity contribution in [3.05, 3.63) is 46.3 Å². The number of hydrogen-bond acceptors (Lipinski definition) is 3. The number of fused-ring (bicyclic) bond motifs is 1. The molecule has 0 spiro atoms. The van der Waals surface area contributed by atoms with Crippen LogP contribution in [-0.4, -0.2) is 22.7 Å². The van der Waals surface area contributed by atoms with E-state index in [4.69, 9.17) is 16.3 Å². The molecule has 1 unspecified atom stereocenters. The minimum absolute atomic E-state index is 0.0531. The van der Waals surface area contributed by atoms with Crippen molar-refractivity contribution < 1.29 is 22.3 Å². The lowest BCUT2D eigenvalue weighted by Gasteiger charge is -2.27. The van der Waals surface area contributed by atoms with Crippen molar-refractivity contribution >= 4 is 11.6 Å². The van der Waals surface area contributed by atoms with Crippen LogP contribution < -0.4 is 10.1 Å². The number of aryl methyl sites for hydroxylation is 1. The van der Waals surface area contributed by atoms with Gasteiger partial charge in [0.25, 0.3) is 0 Å². The number of imidazole rings is 1. The molecule has 9 heteroatoms. The lowest BCUT2D eigenvalue weighted by molar-refractivity contribution is -0.140. The van der Waals surface area contributed by atoms with Crippen molar-refractivity contribution in [1.82, 2.24) is 14.9 Å². The molecule has 4 nitrogen and oxygen atoms in total. The van der Waals surface area contributed by atoms with Crippen molar-refractivity contribution in [1.29, 1.82) is 0 Å². The van der Waals surface area contributed by atoms with Gasteiger partial charge in [0.15, 0.2) is 5.15 Å². The first-order valence-corrected chi connectivity index (χ1v) is 8.16. The zero-order valence-electron chi connectivity index (χ0n) is 13.3. The Hall–Kier alpha value is -1.80. The van der Waals surface area contributed by atoms with Crippen LogP contribution in [-0.2, 0) is 19.1 Å². The molecule has 0 fully saturated rings. The second kappa shape index (κ2) is 6.84. The topological polar surface area (TPSA) is 39.1 Å². The van der Waals surface area contributed by atoms with Crippen molar-refractivity contribution in [3.8, 4) is 5.75 Å². The van der Waals surface area contributed by atoms with Gasteiger partial charge in [0.05, 0.1) is 17.3 Å². The average molecular weight is 378 g/mol. The van der Waals surface area contributed by atoms with E-state index in [2.05, 4.69) is 10.3 Å². The Morgan fingerprint density at radius 1 is 1.40 bits per heavy atom. The Morgan fingerprint density at radius 2 is 2.16 bits per heavy atom. The van der Waals surface area contributed by atoms with Gasteiger partial charge in [0, 0.05) is 19.5 Å². The molecule has 1 aromatic heterocycles. The van der Waals surface area contributed by atoms with Gasteiger partial charge >= 0.3 is 6.18 Å². The lowest BCUT2D eigenvalue weighted by atomic mass is 10.1. The second-order valence-corrected chi connectivity index (χ2v) is 6.02. The molecule has 2 aromatic rings. The summed E-state index contributed by atoms with van der Waals surface area (Å²) in [5.74, 6) is -0.531. The standard InChI is InChI=1S/C16H16ClF4N3O/c1-2-13-23-15(17)14-12(22-5-6-24(13)14)8-25-9-3-4-11(18)10(7-9)16(19,20)21/h3-4,7,12,22H,2,5-6,8H2,1H3. The molecule has 0 amide bonds. The molecule has 1 aliphatic rings. The highest BCUT2D eigenvalue weighted by molar-refractivity contribution is 6.30. The lowest BCUT2D eigenvalue weighted by Crippen LogP contribution is -2.37. The highest BCUT2D eigenvalue weighted by atomic mass is 35.5. The Labute approximate surface area is 146 Å². The van der Waals surface area contributed by atoms with Crippen LogP contribution in [0.5, 0.6) is 5.75 Å². The fraction of sp³-hybridized carbons (Fsp3) is 0.438. The van der Waals surface area contributed by atoms with E-state index >= 15 is 0 Å². The molecule has 1 aromatic carbocycles. The van der Waals surface area contributed by atoms with Crippen LogP contribution in [0.4, 0.5) is 17.6 Å². The van der Waals surface area contributed by atoms with E-state index in [9.17, 15) is 17.6 Å². The summed E-state index contributed by atoms with van der Waals surface area (Å²) >= 11 is 6.20. The van der Waals surface area contributed by atoms with E-state index in [0.29, 0.717) is 24.3 Å². The van der Waals surface area contributed by atoms with Gasteiger partial charge < -0.3 is 14.6 Å². The Bertz CT molecular complexity index is 775. The van der Waals surface area contributed by atoms with E-state index in [-0.39, 0.29) is 18.4 Å². The first-order valence-electron chi connectivity index (χ1n) is 7.79. The van der Waals surface area contributed by atoms with E-state index in [1.165, 1.54) is 6.07 Å². The molecular formula is C16H16ClF4N3O. The summed E-state index contributed by atoms with van der Waals surface area (Å²) < 4.78 is 59.1. The van der Waals surface area contributed by atoms with Crippen LogP contribution in [0.15, 0.2) is 18.2 Å². The molecule has 1 atom stereocenters. The molecule has 0 aliphatic carbocycles. The number of hydrogen-bond donors (Lipinski definition) is 1. The van der Waals surface area contributed by atoms with Crippen LogP contribution in [0.3, 0.4) is 0 Å². The predicted octanol–water partition coefficient (Wildman–Crippen LogP) is 3.98. The predicted molar refractivity (Wildman–Crippen MR) is 84.3 cm³/mol. The first-order chi connectivity index (χ1) is 11.8. The highest BCUT2D eigenvalue weighted by Gasteiger charge is 2.34. The van der Waals surface area contributed by atoms with Gasteiger partial charge in [0.2, 0.25) is 0 Å². The molecule has 1 aliphatic heterocycles. The number of aromatic nitrogens is 2. The third-order valence-electron chi connectivity index (χ3n) is 4.07. The number of alkyl halides is 3. The van der Waals surface area contributed by atoms with Gasteiger partial charge in [-0.1, -0.05) is 18.5 Å². The van der Waals surface area contributed by atoms with E-state index in [0.717, 1.165) is 24.0 Å². The molecule has 0 saturated heterocycles. The number of nitrogens with zero attached hydrogens (tertiary/aromatic N) is 2. The smallest absolute Gasteiger partial charge is 0.419 e. The Kier molecular flexibility index (Phi) is 4.92. The molecule has 136 valence electrons. The maximum absolute atomic E-state index is 13.3. The molecule has 0 radical (unpaired) electrons. The van der Waals surface area contributed by atoms with Crippen molar-refractivity contribution in [3.63, 3.8) is 0 Å². The van der Waals surface area contributed by atoms with Crippen molar-refractivity contribution in [2.24, 2.45) is 0 Å². The minimum atomic E-state index is -4.77. The maximum atomic E-state index is 13.3. The van der Waals surface area contributed by atoms with Crippen LogP contribution in [0.25, 0.3) is 0 Å². The molecule has 1 N–H and O–H groups in total. The molecule has 0 saturated carbocycles. The van der Waals surface area contributed by atoms with E-state index in [1.807, 2.05) is 11.5 Å². The van der Waals surface area contributed by atoms with Gasteiger partial charge in [-0.15, -0.1) is 0 Å². The summed E-state index contributed by atoms with van der Waals surface area (Å²) in [6, 6.07) is 2.27. The number of benzene rings is 1. The van der Waals surface area contributed by atoms with E-state index in [1.54, 1.807) is 0 Å². The maximum Gasteiger partial charge on any atom is 0.419 e.